The van der Waals surface area contributed by atoms with Crippen LogP contribution in [-0.2, 0) is 19.6 Å². The second kappa shape index (κ2) is 6.78. The van der Waals surface area contributed by atoms with E-state index in [-0.39, 0.29) is 28.5 Å². The van der Waals surface area contributed by atoms with Gasteiger partial charge in [-0.15, -0.1) is 0 Å². The van der Waals surface area contributed by atoms with Crippen molar-refractivity contribution in [3.8, 4) is 0 Å². The van der Waals surface area contributed by atoms with Crippen molar-refractivity contribution in [1.29, 1.82) is 0 Å². The number of anilines is 1. The number of nitrogens with zero attached hydrogens (tertiary/aromatic N) is 2. The zero-order valence-electron chi connectivity index (χ0n) is 14.8. The molecule has 3 fully saturated rings. The first-order chi connectivity index (χ1) is 12.5. The number of benzene rings is 1. The van der Waals surface area contributed by atoms with E-state index in [1.54, 1.807) is 12.1 Å². The Balaban J connectivity index is 1.58. The number of amides is 2. The van der Waals surface area contributed by atoms with E-state index in [1.807, 2.05) is 0 Å². The normalized spacial score (nSPS) is 27.6. The molecule has 0 spiro atoms. The van der Waals surface area contributed by atoms with E-state index in [0.717, 1.165) is 44.9 Å². The Kier molecular flexibility index (Phi) is 4.61. The molecule has 26 heavy (non-hydrogen) atoms. The summed E-state index contributed by atoms with van der Waals surface area (Å²) in [5, 5.41) is 0. The van der Waals surface area contributed by atoms with E-state index in [2.05, 4.69) is 0 Å². The van der Waals surface area contributed by atoms with E-state index in [0.29, 0.717) is 18.8 Å². The number of carbonyl (C=O) groups is 2. The minimum Gasteiger partial charge on any atom is -0.274 e. The monoisotopic (exact) mass is 376 g/mol. The maximum atomic E-state index is 12.7. The van der Waals surface area contributed by atoms with Gasteiger partial charge in [-0.25, -0.2) is 8.42 Å². The Labute approximate surface area is 154 Å². The van der Waals surface area contributed by atoms with E-state index < -0.39 is 10.0 Å². The lowest BCUT2D eigenvalue weighted by Gasteiger charge is -2.26. The third kappa shape index (κ3) is 2.87. The summed E-state index contributed by atoms with van der Waals surface area (Å²) in [7, 11) is -3.51. The molecule has 0 bridgehead atoms. The van der Waals surface area contributed by atoms with Crippen LogP contribution in [0.3, 0.4) is 0 Å². The van der Waals surface area contributed by atoms with Gasteiger partial charge in [0, 0.05) is 13.1 Å². The SMILES string of the molecule is O=C1[C@H]2CCCC[C@H]2C(=O)N1c1ccc(S(=O)(=O)N2CCCCC2)cc1. The number of rotatable bonds is 3. The van der Waals surface area contributed by atoms with Crippen LogP contribution in [0.15, 0.2) is 29.2 Å². The number of hydrogen-bond donors (Lipinski definition) is 0. The molecule has 0 radical (unpaired) electrons. The van der Waals surface area contributed by atoms with Gasteiger partial charge in [-0.2, -0.15) is 4.31 Å². The van der Waals surface area contributed by atoms with Crippen LogP contribution in [0.4, 0.5) is 5.69 Å². The molecule has 0 aromatic heterocycles. The highest BCUT2D eigenvalue weighted by Crippen LogP contribution is 2.40. The van der Waals surface area contributed by atoms with Crippen LogP contribution in [0.1, 0.15) is 44.9 Å². The molecule has 2 saturated heterocycles. The van der Waals surface area contributed by atoms with E-state index in [1.165, 1.54) is 21.3 Å². The minimum atomic E-state index is -3.51. The molecular weight excluding hydrogens is 352 g/mol. The maximum absolute atomic E-state index is 12.7. The minimum absolute atomic E-state index is 0.133. The lowest BCUT2D eigenvalue weighted by atomic mass is 9.81. The van der Waals surface area contributed by atoms with Crippen LogP contribution in [-0.4, -0.2) is 37.6 Å². The summed E-state index contributed by atoms with van der Waals surface area (Å²) in [6, 6.07) is 6.21. The van der Waals surface area contributed by atoms with Crippen LogP contribution in [0.5, 0.6) is 0 Å². The van der Waals surface area contributed by atoms with E-state index >= 15 is 0 Å². The van der Waals surface area contributed by atoms with Gasteiger partial charge in [-0.1, -0.05) is 19.3 Å². The molecule has 0 unspecified atom stereocenters. The molecule has 6 nitrogen and oxygen atoms in total. The van der Waals surface area contributed by atoms with Crippen LogP contribution in [0.2, 0.25) is 0 Å². The topological polar surface area (TPSA) is 74.8 Å². The number of imide groups is 1. The fraction of sp³-hybridized carbons (Fsp3) is 0.579. The summed E-state index contributed by atoms with van der Waals surface area (Å²) >= 11 is 0. The zero-order valence-corrected chi connectivity index (χ0v) is 15.6. The summed E-state index contributed by atoms with van der Waals surface area (Å²) in [5.74, 6) is -0.668. The number of fused-ring (bicyclic) bond motifs is 1. The molecule has 2 aliphatic heterocycles. The van der Waals surface area contributed by atoms with E-state index in [9.17, 15) is 18.0 Å². The quantitative estimate of drug-likeness (QED) is 0.760. The molecule has 7 heteroatoms. The summed E-state index contributed by atoms with van der Waals surface area (Å²) in [4.78, 5) is 26.8. The zero-order chi connectivity index (χ0) is 18.3. The molecular formula is C19H24N2O4S. The van der Waals surface area contributed by atoms with Gasteiger partial charge >= 0.3 is 0 Å². The molecule has 0 N–H and O–H groups in total. The highest BCUT2D eigenvalue weighted by Gasteiger charge is 2.48. The van der Waals surface area contributed by atoms with Gasteiger partial charge in [0.1, 0.15) is 0 Å². The Hall–Kier alpha value is -1.73. The van der Waals surface area contributed by atoms with Crippen LogP contribution in [0, 0.1) is 11.8 Å². The highest BCUT2D eigenvalue weighted by atomic mass is 32.2. The van der Waals surface area contributed by atoms with Gasteiger partial charge in [-0.3, -0.25) is 14.5 Å². The largest absolute Gasteiger partial charge is 0.274 e. The summed E-state index contributed by atoms with van der Waals surface area (Å²) in [5.41, 5.74) is 0.479. The summed E-state index contributed by atoms with van der Waals surface area (Å²) < 4.78 is 27.0. The van der Waals surface area contributed by atoms with E-state index in [4.69, 9.17) is 0 Å². The van der Waals surface area contributed by atoms with Crippen molar-refractivity contribution in [3.05, 3.63) is 24.3 Å². The third-order valence-electron chi connectivity index (χ3n) is 5.89. The second-order valence-corrected chi connectivity index (χ2v) is 9.41. The average Bonchev–Trinajstić information content (AvgIpc) is 2.94. The molecule has 1 saturated carbocycles. The molecule has 2 amide bonds. The van der Waals surface area contributed by atoms with Gasteiger partial charge < -0.3 is 0 Å². The van der Waals surface area contributed by atoms with Gasteiger partial charge in [0.05, 0.1) is 22.4 Å². The summed E-state index contributed by atoms with van der Waals surface area (Å²) in [6.07, 6.45) is 6.35. The lowest BCUT2D eigenvalue weighted by Crippen LogP contribution is -2.35. The Morgan fingerprint density at radius 1 is 0.769 bits per heavy atom. The molecule has 4 rings (SSSR count). The molecule has 1 aromatic rings. The number of piperidine rings is 1. The first-order valence-corrected chi connectivity index (χ1v) is 10.9. The number of carbonyl (C=O) groups excluding carboxylic acids is 2. The Bertz CT molecular complexity index is 788. The first-order valence-electron chi connectivity index (χ1n) is 9.48. The summed E-state index contributed by atoms with van der Waals surface area (Å²) in [6.45, 7) is 1.10. The molecule has 1 aromatic carbocycles. The smallest absolute Gasteiger partial charge is 0.243 e. The molecule has 140 valence electrons. The van der Waals surface area contributed by atoms with Crippen molar-refractivity contribution >= 4 is 27.5 Å². The van der Waals surface area contributed by atoms with Crippen molar-refractivity contribution in [2.75, 3.05) is 18.0 Å². The van der Waals surface area contributed by atoms with Crippen LogP contribution in [0.25, 0.3) is 0 Å². The van der Waals surface area contributed by atoms with Crippen molar-refractivity contribution in [3.63, 3.8) is 0 Å². The number of sulfonamides is 1. The van der Waals surface area contributed by atoms with Crippen molar-refractivity contribution in [2.45, 2.75) is 49.8 Å². The van der Waals surface area contributed by atoms with Gasteiger partial charge in [0.25, 0.3) is 0 Å². The van der Waals surface area contributed by atoms with Crippen molar-refractivity contribution in [1.82, 2.24) is 4.31 Å². The number of hydrogen-bond acceptors (Lipinski definition) is 4. The Morgan fingerprint density at radius 3 is 1.85 bits per heavy atom. The fourth-order valence-electron chi connectivity index (χ4n) is 4.44. The lowest BCUT2D eigenvalue weighted by molar-refractivity contribution is -0.122. The molecule has 2 atom stereocenters. The van der Waals surface area contributed by atoms with Gasteiger partial charge in [0.2, 0.25) is 21.8 Å². The molecule has 1 aliphatic carbocycles. The highest BCUT2D eigenvalue weighted by molar-refractivity contribution is 7.89. The Morgan fingerprint density at radius 2 is 1.31 bits per heavy atom. The average molecular weight is 376 g/mol. The molecule has 2 heterocycles. The van der Waals surface area contributed by atoms with Gasteiger partial charge in [0.15, 0.2) is 0 Å². The van der Waals surface area contributed by atoms with Crippen molar-refractivity contribution in [2.24, 2.45) is 11.8 Å². The van der Waals surface area contributed by atoms with Gasteiger partial charge in [-0.05, 0) is 49.9 Å². The van der Waals surface area contributed by atoms with Crippen LogP contribution < -0.4 is 4.90 Å². The van der Waals surface area contributed by atoms with Crippen molar-refractivity contribution < 1.29 is 18.0 Å². The fourth-order valence-corrected chi connectivity index (χ4v) is 5.96. The molecule has 3 aliphatic rings. The predicted molar refractivity (Wildman–Crippen MR) is 97.0 cm³/mol. The third-order valence-corrected chi connectivity index (χ3v) is 7.80. The maximum Gasteiger partial charge on any atom is 0.243 e. The first kappa shape index (κ1) is 17.7. The second-order valence-electron chi connectivity index (χ2n) is 7.47. The standard InChI is InChI=1S/C19H24N2O4S/c22-18-16-6-2-3-7-17(16)19(23)21(18)14-8-10-15(11-9-14)26(24,25)20-12-4-1-5-13-20/h8-11,16-17H,1-7,12-13H2/t16-,17+. The van der Waals surface area contributed by atoms with Crippen LogP contribution >= 0.6 is 0 Å². The predicted octanol–water partition coefficient (Wildman–Crippen LogP) is 2.54.